The molecule has 0 aromatic carbocycles. The minimum Gasteiger partial charge on any atom is -0.342 e. The Morgan fingerprint density at radius 2 is 1.71 bits per heavy atom. The molecule has 0 aromatic rings. The molecule has 0 spiro atoms. The van der Waals surface area contributed by atoms with E-state index in [1.165, 1.54) is 12.8 Å². The van der Waals surface area contributed by atoms with Crippen molar-refractivity contribution in [2.75, 3.05) is 13.1 Å². The molecule has 2 rings (SSSR count). The van der Waals surface area contributed by atoms with Crippen molar-refractivity contribution >= 4 is 5.91 Å². The first-order valence-electron chi connectivity index (χ1n) is 5.62. The average molecular weight is 193 g/mol. The van der Waals surface area contributed by atoms with Gasteiger partial charge in [0.05, 0.1) is 0 Å². The molecule has 1 aliphatic carbocycles. The number of rotatable bonds is 1. The van der Waals surface area contributed by atoms with Gasteiger partial charge in [-0.25, -0.2) is 0 Å². The number of hydrogen-bond donors (Lipinski definition) is 0. The monoisotopic (exact) mass is 193 g/mol. The summed E-state index contributed by atoms with van der Waals surface area (Å²) in [5, 5.41) is 0. The highest BCUT2D eigenvalue weighted by Crippen LogP contribution is 2.33. The number of carbonyl (C=O) groups is 1. The Balaban J connectivity index is 1.98. The van der Waals surface area contributed by atoms with Gasteiger partial charge in [0.2, 0.25) is 5.91 Å². The highest BCUT2D eigenvalue weighted by Gasteiger charge is 2.35. The van der Waals surface area contributed by atoms with E-state index in [0.29, 0.717) is 5.91 Å². The molecule has 0 saturated carbocycles. The molecular weight excluding hydrogens is 174 g/mol. The first kappa shape index (κ1) is 9.75. The van der Waals surface area contributed by atoms with Gasteiger partial charge in [0.25, 0.3) is 0 Å². The van der Waals surface area contributed by atoms with E-state index in [9.17, 15) is 4.79 Å². The maximum absolute atomic E-state index is 11.8. The number of likely N-dealkylation sites (tertiary alicyclic amines) is 1. The first-order chi connectivity index (χ1) is 6.68. The summed E-state index contributed by atoms with van der Waals surface area (Å²) in [6.07, 6.45) is 6.88. The van der Waals surface area contributed by atoms with Crippen LogP contribution in [0.3, 0.4) is 0 Å². The first-order valence-corrected chi connectivity index (χ1v) is 5.62. The molecule has 1 amide bonds. The van der Waals surface area contributed by atoms with Crippen molar-refractivity contribution in [2.24, 2.45) is 17.8 Å². The van der Waals surface area contributed by atoms with E-state index in [1.54, 1.807) is 0 Å². The molecular formula is C12H19NO. The Labute approximate surface area is 86.0 Å². The fourth-order valence-corrected chi connectivity index (χ4v) is 2.56. The zero-order valence-electron chi connectivity index (χ0n) is 9.07. The molecule has 0 N–H and O–H groups in total. The zero-order chi connectivity index (χ0) is 10.1. The third-order valence-corrected chi connectivity index (χ3v) is 3.43. The molecule has 2 atom stereocenters. The summed E-state index contributed by atoms with van der Waals surface area (Å²) in [7, 11) is 0. The van der Waals surface area contributed by atoms with E-state index in [1.807, 2.05) is 13.8 Å². The summed E-state index contributed by atoms with van der Waals surface area (Å²) in [5.74, 6) is 1.97. The van der Waals surface area contributed by atoms with Crippen LogP contribution in [0.5, 0.6) is 0 Å². The van der Waals surface area contributed by atoms with Crippen LogP contribution in [-0.2, 0) is 4.79 Å². The topological polar surface area (TPSA) is 20.3 Å². The standard InChI is InChI=1S/C12H19NO/c1-9(2)12(14)13-7-10-5-3-4-6-11(10)8-13/h3-4,9-11H,5-8H2,1-2H3. The molecule has 0 radical (unpaired) electrons. The van der Waals surface area contributed by atoms with Gasteiger partial charge in [0.1, 0.15) is 0 Å². The van der Waals surface area contributed by atoms with E-state index in [0.717, 1.165) is 24.9 Å². The minimum absolute atomic E-state index is 0.156. The molecule has 1 saturated heterocycles. The van der Waals surface area contributed by atoms with Crippen LogP contribution in [0.15, 0.2) is 12.2 Å². The quantitative estimate of drug-likeness (QED) is 0.584. The van der Waals surface area contributed by atoms with E-state index in [-0.39, 0.29) is 5.92 Å². The van der Waals surface area contributed by atoms with Crippen molar-refractivity contribution in [1.82, 2.24) is 4.90 Å². The fourth-order valence-electron chi connectivity index (χ4n) is 2.56. The van der Waals surface area contributed by atoms with Crippen molar-refractivity contribution in [3.63, 3.8) is 0 Å². The number of fused-ring (bicyclic) bond motifs is 1. The second-order valence-electron chi connectivity index (χ2n) is 4.86. The summed E-state index contributed by atoms with van der Waals surface area (Å²) in [5.41, 5.74) is 0. The van der Waals surface area contributed by atoms with E-state index < -0.39 is 0 Å². The van der Waals surface area contributed by atoms with E-state index >= 15 is 0 Å². The lowest BCUT2D eigenvalue weighted by atomic mass is 9.86. The maximum atomic E-state index is 11.8. The van der Waals surface area contributed by atoms with Crippen LogP contribution in [0.25, 0.3) is 0 Å². The number of carbonyl (C=O) groups excluding carboxylic acids is 1. The third kappa shape index (κ3) is 1.70. The molecule has 2 nitrogen and oxygen atoms in total. The van der Waals surface area contributed by atoms with Crippen molar-refractivity contribution < 1.29 is 4.79 Å². The van der Waals surface area contributed by atoms with Gasteiger partial charge in [-0.15, -0.1) is 0 Å². The molecule has 14 heavy (non-hydrogen) atoms. The van der Waals surface area contributed by atoms with Gasteiger partial charge in [-0.05, 0) is 24.7 Å². The lowest BCUT2D eigenvalue weighted by Gasteiger charge is -2.18. The van der Waals surface area contributed by atoms with Crippen molar-refractivity contribution in [3.8, 4) is 0 Å². The van der Waals surface area contributed by atoms with Crippen molar-refractivity contribution in [1.29, 1.82) is 0 Å². The summed E-state index contributed by atoms with van der Waals surface area (Å²) in [6.45, 7) is 5.96. The fraction of sp³-hybridized carbons (Fsp3) is 0.750. The van der Waals surface area contributed by atoms with Gasteiger partial charge in [0, 0.05) is 19.0 Å². The maximum Gasteiger partial charge on any atom is 0.225 e. The van der Waals surface area contributed by atoms with Crippen LogP contribution >= 0.6 is 0 Å². The van der Waals surface area contributed by atoms with Gasteiger partial charge in [-0.1, -0.05) is 26.0 Å². The van der Waals surface area contributed by atoms with Gasteiger partial charge < -0.3 is 4.90 Å². The summed E-state index contributed by atoms with van der Waals surface area (Å²) >= 11 is 0. The average Bonchev–Trinajstić information content (AvgIpc) is 2.59. The molecule has 0 bridgehead atoms. The van der Waals surface area contributed by atoms with Crippen LogP contribution < -0.4 is 0 Å². The molecule has 1 heterocycles. The summed E-state index contributed by atoms with van der Waals surface area (Å²) in [4.78, 5) is 13.9. The number of allylic oxidation sites excluding steroid dienone is 2. The smallest absolute Gasteiger partial charge is 0.225 e. The minimum atomic E-state index is 0.156. The predicted octanol–water partition coefficient (Wildman–Crippen LogP) is 2.07. The van der Waals surface area contributed by atoms with Crippen LogP contribution in [0, 0.1) is 17.8 Å². The van der Waals surface area contributed by atoms with Crippen LogP contribution in [0.1, 0.15) is 26.7 Å². The number of hydrogen-bond acceptors (Lipinski definition) is 1. The largest absolute Gasteiger partial charge is 0.342 e. The van der Waals surface area contributed by atoms with E-state index in [2.05, 4.69) is 17.1 Å². The molecule has 78 valence electrons. The van der Waals surface area contributed by atoms with Crippen LogP contribution in [0.2, 0.25) is 0 Å². The SMILES string of the molecule is CC(C)C(=O)N1CC2CC=CCC2C1. The number of nitrogens with zero attached hydrogens (tertiary/aromatic N) is 1. The lowest BCUT2D eigenvalue weighted by Crippen LogP contribution is -2.32. The third-order valence-electron chi connectivity index (χ3n) is 3.43. The molecule has 2 unspecified atom stereocenters. The highest BCUT2D eigenvalue weighted by atomic mass is 16.2. The summed E-state index contributed by atoms with van der Waals surface area (Å²) < 4.78 is 0. The second-order valence-corrected chi connectivity index (χ2v) is 4.86. The Bertz CT molecular complexity index is 241. The number of amides is 1. The highest BCUT2D eigenvalue weighted by molar-refractivity contribution is 5.78. The molecule has 0 aromatic heterocycles. The Morgan fingerprint density at radius 3 is 2.14 bits per heavy atom. The van der Waals surface area contributed by atoms with Crippen LogP contribution in [-0.4, -0.2) is 23.9 Å². The Kier molecular flexibility index (Phi) is 2.62. The van der Waals surface area contributed by atoms with Gasteiger partial charge in [-0.3, -0.25) is 4.79 Å². The second kappa shape index (κ2) is 3.76. The molecule has 2 heteroatoms. The zero-order valence-corrected chi connectivity index (χ0v) is 9.07. The lowest BCUT2D eigenvalue weighted by molar-refractivity contribution is -0.133. The van der Waals surface area contributed by atoms with Gasteiger partial charge in [-0.2, -0.15) is 0 Å². The van der Waals surface area contributed by atoms with E-state index in [4.69, 9.17) is 0 Å². The van der Waals surface area contributed by atoms with Crippen LogP contribution in [0.4, 0.5) is 0 Å². The van der Waals surface area contributed by atoms with Gasteiger partial charge in [0.15, 0.2) is 0 Å². The summed E-state index contributed by atoms with van der Waals surface area (Å²) in [6, 6.07) is 0. The normalized spacial score (nSPS) is 30.9. The van der Waals surface area contributed by atoms with Crippen molar-refractivity contribution in [2.45, 2.75) is 26.7 Å². The Hall–Kier alpha value is -0.790. The molecule has 1 fully saturated rings. The van der Waals surface area contributed by atoms with Gasteiger partial charge >= 0.3 is 0 Å². The Morgan fingerprint density at radius 1 is 1.21 bits per heavy atom. The molecule has 1 aliphatic heterocycles. The molecule has 2 aliphatic rings. The van der Waals surface area contributed by atoms with Crippen molar-refractivity contribution in [3.05, 3.63) is 12.2 Å². The predicted molar refractivity (Wildman–Crippen MR) is 56.8 cm³/mol.